The van der Waals surface area contributed by atoms with Gasteiger partial charge in [-0.1, -0.05) is 0 Å². The van der Waals surface area contributed by atoms with Crippen molar-refractivity contribution >= 4 is 28.7 Å². The summed E-state index contributed by atoms with van der Waals surface area (Å²) in [6.07, 6.45) is -4.72. The molecule has 192 valence electrons. The van der Waals surface area contributed by atoms with Crippen molar-refractivity contribution in [1.29, 1.82) is 0 Å². The van der Waals surface area contributed by atoms with Crippen LogP contribution in [0.5, 0.6) is 0 Å². The topological polar surface area (TPSA) is 122 Å². The van der Waals surface area contributed by atoms with Crippen LogP contribution in [-0.2, 0) is 10.9 Å². The van der Waals surface area contributed by atoms with Crippen LogP contribution < -0.4 is 9.80 Å². The van der Waals surface area contributed by atoms with Gasteiger partial charge in [0.05, 0.1) is 39.9 Å². The Morgan fingerprint density at radius 2 is 1.44 bits per heavy atom. The lowest BCUT2D eigenvalue weighted by Crippen LogP contribution is -2.49. The van der Waals surface area contributed by atoms with Crippen LogP contribution >= 0.6 is 0 Å². The lowest BCUT2D eigenvalue weighted by Gasteiger charge is -2.37. The van der Waals surface area contributed by atoms with Crippen molar-refractivity contribution in [2.75, 3.05) is 62.3 Å². The van der Waals surface area contributed by atoms with E-state index < -0.39 is 33.2 Å². The highest BCUT2D eigenvalue weighted by Crippen LogP contribution is 2.37. The number of carbonyl (C=O) groups is 1. The number of hydrogen-bond donors (Lipinski definition) is 0. The van der Waals surface area contributed by atoms with E-state index in [9.17, 15) is 38.2 Å². The Bertz CT molecular complexity index is 1180. The van der Waals surface area contributed by atoms with Gasteiger partial charge in [0.25, 0.3) is 17.3 Å². The molecule has 2 aromatic rings. The Morgan fingerprint density at radius 3 is 2.03 bits per heavy atom. The van der Waals surface area contributed by atoms with Gasteiger partial charge in [-0.05, 0) is 18.2 Å². The molecule has 0 N–H and O–H groups in total. The second-order valence-corrected chi connectivity index (χ2v) is 8.30. The van der Waals surface area contributed by atoms with Gasteiger partial charge < -0.3 is 19.4 Å². The molecule has 11 nitrogen and oxygen atoms in total. The van der Waals surface area contributed by atoms with Crippen molar-refractivity contribution in [3.8, 4) is 0 Å². The fourth-order valence-corrected chi connectivity index (χ4v) is 4.32. The van der Waals surface area contributed by atoms with Crippen molar-refractivity contribution in [3.05, 3.63) is 67.8 Å². The number of non-ortho nitro benzene ring substituents is 1. The number of carbonyl (C=O) groups excluding carboxylic acids is 1. The second kappa shape index (κ2) is 9.97. The summed E-state index contributed by atoms with van der Waals surface area (Å²) in [6.45, 7) is 2.47. The molecule has 1 amide bonds. The Balaban J connectivity index is 1.55. The van der Waals surface area contributed by atoms with E-state index in [4.69, 9.17) is 4.74 Å². The summed E-state index contributed by atoms with van der Waals surface area (Å²) < 4.78 is 44.4. The molecule has 0 unspecified atom stereocenters. The molecule has 14 heteroatoms. The molecule has 4 rings (SSSR count). The Hall–Kier alpha value is -3.94. The number of halogens is 3. The second-order valence-electron chi connectivity index (χ2n) is 8.30. The fourth-order valence-electron chi connectivity index (χ4n) is 4.32. The molecule has 2 aliphatic rings. The van der Waals surface area contributed by atoms with E-state index in [-0.39, 0.29) is 43.1 Å². The SMILES string of the molecule is O=C(c1cc([N+](=O)[O-])ccc1N1CCOCC1)N1CCN(c2ccc(C(F)(F)F)cc2[N+](=O)[O-])CC1. The highest BCUT2D eigenvalue weighted by molar-refractivity contribution is 6.00. The number of morpholine rings is 1. The van der Waals surface area contributed by atoms with E-state index >= 15 is 0 Å². The first-order valence-electron chi connectivity index (χ1n) is 11.1. The number of nitrogens with zero attached hydrogens (tertiary/aromatic N) is 5. The van der Waals surface area contributed by atoms with E-state index in [2.05, 4.69) is 0 Å². The van der Waals surface area contributed by atoms with Crippen LogP contribution in [-0.4, -0.2) is 73.1 Å². The van der Waals surface area contributed by atoms with Crippen LogP contribution in [0.15, 0.2) is 36.4 Å². The summed E-state index contributed by atoms with van der Waals surface area (Å²) in [5.74, 6) is -0.429. The molecule has 0 saturated carbocycles. The molecule has 0 spiro atoms. The van der Waals surface area contributed by atoms with Gasteiger partial charge in [-0.15, -0.1) is 0 Å². The van der Waals surface area contributed by atoms with Crippen molar-refractivity contribution in [1.82, 2.24) is 4.90 Å². The minimum Gasteiger partial charge on any atom is -0.378 e. The third kappa shape index (κ3) is 5.17. The number of amides is 1. The monoisotopic (exact) mass is 509 g/mol. The summed E-state index contributed by atoms with van der Waals surface area (Å²) in [5.41, 5.74) is -1.26. The van der Waals surface area contributed by atoms with Gasteiger partial charge >= 0.3 is 6.18 Å². The van der Waals surface area contributed by atoms with Crippen molar-refractivity contribution in [2.24, 2.45) is 0 Å². The first-order chi connectivity index (χ1) is 17.1. The van der Waals surface area contributed by atoms with E-state index in [0.29, 0.717) is 38.1 Å². The molecule has 0 bridgehead atoms. The minimum atomic E-state index is -4.72. The van der Waals surface area contributed by atoms with Gasteiger partial charge in [0.2, 0.25) is 0 Å². The Morgan fingerprint density at radius 1 is 0.833 bits per heavy atom. The summed E-state index contributed by atoms with van der Waals surface area (Å²) in [7, 11) is 0. The minimum absolute atomic E-state index is 0.0319. The van der Waals surface area contributed by atoms with Gasteiger partial charge in [0.1, 0.15) is 5.69 Å². The van der Waals surface area contributed by atoms with Crippen molar-refractivity contribution < 1.29 is 32.5 Å². The molecule has 0 atom stereocenters. The first-order valence-corrected chi connectivity index (χ1v) is 11.1. The average Bonchev–Trinajstić information content (AvgIpc) is 2.87. The maximum atomic E-state index is 13.4. The maximum Gasteiger partial charge on any atom is 0.416 e. The zero-order chi connectivity index (χ0) is 26.0. The number of hydrogen-bond acceptors (Lipinski definition) is 8. The number of benzene rings is 2. The number of rotatable bonds is 5. The number of nitro groups is 2. The summed E-state index contributed by atoms with van der Waals surface area (Å²) in [4.78, 5) is 39.7. The smallest absolute Gasteiger partial charge is 0.378 e. The van der Waals surface area contributed by atoms with E-state index in [1.54, 1.807) is 11.0 Å². The highest BCUT2D eigenvalue weighted by atomic mass is 19.4. The number of alkyl halides is 3. The van der Waals surface area contributed by atoms with Crippen LogP contribution in [0.3, 0.4) is 0 Å². The van der Waals surface area contributed by atoms with Gasteiger partial charge in [0.15, 0.2) is 0 Å². The standard InChI is InChI=1S/C22H22F3N5O6/c23-22(24,25)15-1-3-19(20(13-15)30(34)35)26-5-7-28(8-6-26)21(31)17-14-16(29(32)33)2-4-18(17)27-9-11-36-12-10-27/h1-4,13-14H,5-12H2. The fraction of sp³-hybridized carbons (Fsp3) is 0.409. The number of ether oxygens (including phenoxy) is 1. The van der Waals surface area contributed by atoms with Crippen molar-refractivity contribution in [3.63, 3.8) is 0 Å². The van der Waals surface area contributed by atoms with Crippen LogP contribution in [0.25, 0.3) is 0 Å². The summed E-state index contributed by atoms with van der Waals surface area (Å²) in [6, 6.07) is 6.47. The zero-order valence-electron chi connectivity index (χ0n) is 18.9. The quantitative estimate of drug-likeness (QED) is 0.445. The van der Waals surface area contributed by atoms with Crippen molar-refractivity contribution in [2.45, 2.75) is 6.18 Å². The van der Waals surface area contributed by atoms with Crippen LogP contribution in [0, 0.1) is 20.2 Å². The third-order valence-electron chi connectivity index (χ3n) is 6.18. The van der Waals surface area contributed by atoms with E-state index in [1.807, 2.05) is 4.90 Å². The lowest BCUT2D eigenvalue weighted by atomic mass is 10.1. The Kier molecular flexibility index (Phi) is 6.97. The largest absolute Gasteiger partial charge is 0.416 e. The number of nitro benzene ring substituents is 2. The van der Waals surface area contributed by atoms with Crippen LogP contribution in [0.2, 0.25) is 0 Å². The summed E-state index contributed by atoms with van der Waals surface area (Å²) >= 11 is 0. The molecule has 2 aliphatic heterocycles. The molecule has 2 heterocycles. The van der Waals surface area contributed by atoms with Crippen LogP contribution in [0.4, 0.5) is 35.9 Å². The lowest BCUT2D eigenvalue weighted by molar-refractivity contribution is -0.384. The third-order valence-corrected chi connectivity index (χ3v) is 6.18. The van der Waals surface area contributed by atoms with Gasteiger partial charge in [-0.3, -0.25) is 25.0 Å². The highest BCUT2D eigenvalue weighted by Gasteiger charge is 2.35. The van der Waals surface area contributed by atoms with Gasteiger partial charge in [-0.2, -0.15) is 13.2 Å². The van der Waals surface area contributed by atoms with Crippen LogP contribution in [0.1, 0.15) is 15.9 Å². The molecule has 0 radical (unpaired) electrons. The normalized spacial score (nSPS) is 16.7. The molecule has 0 aliphatic carbocycles. The number of piperazine rings is 1. The molecular formula is C22H22F3N5O6. The first kappa shape index (κ1) is 25.2. The predicted molar refractivity (Wildman–Crippen MR) is 122 cm³/mol. The Labute approximate surface area is 202 Å². The zero-order valence-corrected chi connectivity index (χ0v) is 18.9. The maximum absolute atomic E-state index is 13.4. The van der Waals surface area contributed by atoms with Gasteiger partial charge in [-0.25, -0.2) is 0 Å². The molecule has 2 aromatic carbocycles. The summed E-state index contributed by atoms with van der Waals surface area (Å²) in [5, 5.41) is 22.8. The number of anilines is 2. The molecule has 2 saturated heterocycles. The predicted octanol–water partition coefficient (Wildman–Crippen LogP) is 3.32. The molecular weight excluding hydrogens is 487 g/mol. The average molecular weight is 509 g/mol. The van der Waals surface area contributed by atoms with E-state index in [1.165, 1.54) is 17.0 Å². The van der Waals surface area contributed by atoms with E-state index in [0.717, 1.165) is 12.1 Å². The molecule has 2 fully saturated rings. The molecule has 36 heavy (non-hydrogen) atoms. The molecule has 0 aromatic heterocycles. The van der Waals surface area contributed by atoms with Gasteiger partial charge in [0, 0.05) is 57.5 Å².